The number of nitrogens with one attached hydrogen (secondary N) is 1. The number of amides is 1. The van der Waals surface area contributed by atoms with Crippen LogP contribution in [-0.4, -0.2) is 25.5 Å². The van der Waals surface area contributed by atoms with Gasteiger partial charge in [0.15, 0.2) is 0 Å². The first-order valence-corrected chi connectivity index (χ1v) is 9.67. The Hall–Kier alpha value is -0.620. The van der Waals surface area contributed by atoms with Crippen molar-refractivity contribution < 1.29 is 14.3 Å². The van der Waals surface area contributed by atoms with Gasteiger partial charge >= 0.3 is 5.97 Å². The van der Waals surface area contributed by atoms with Crippen LogP contribution in [0, 0.1) is 0 Å². The number of hydrogen-bond donors (Lipinski definition) is 1. The van der Waals surface area contributed by atoms with E-state index in [-0.39, 0.29) is 12.5 Å². The molecule has 0 saturated heterocycles. The molecule has 0 bridgehead atoms. The van der Waals surface area contributed by atoms with Crippen molar-refractivity contribution in [2.75, 3.05) is 13.7 Å². The molecule has 6 heteroatoms. The summed E-state index contributed by atoms with van der Waals surface area (Å²) in [4.78, 5) is 22.2. The minimum absolute atomic E-state index is 0.0813. The summed E-state index contributed by atoms with van der Waals surface area (Å²) in [5.41, 5.74) is 0. The molecular formula is C17H27Br2NO3. The highest BCUT2D eigenvalue weighted by atomic mass is 79.9. The van der Waals surface area contributed by atoms with E-state index in [0.717, 1.165) is 22.7 Å². The molecule has 0 fully saturated rings. The molecule has 0 aliphatic heterocycles. The predicted molar refractivity (Wildman–Crippen MR) is 102 cm³/mol. The molecule has 0 aliphatic carbocycles. The maximum absolute atomic E-state index is 11.4. The van der Waals surface area contributed by atoms with Crippen molar-refractivity contribution in [3.63, 3.8) is 0 Å². The van der Waals surface area contributed by atoms with Crippen LogP contribution in [-0.2, 0) is 14.3 Å². The Balaban J connectivity index is 3.35. The lowest BCUT2D eigenvalue weighted by Crippen LogP contribution is -2.28. The second-order valence-electron chi connectivity index (χ2n) is 5.24. The number of methoxy groups -OCH3 is 1. The third-order valence-electron chi connectivity index (χ3n) is 3.28. The van der Waals surface area contributed by atoms with Crippen LogP contribution in [0.15, 0.2) is 21.6 Å². The highest BCUT2D eigenvalue weighted by molar-refractivity contribution is 9.28. The minimum Gasteiger partial charge on any atom is -0.468 e. The quantitative estimate of drug-likeness (QED) is 0.243. The van der Waals surface area contributed by atoms with Gasteiger partial charge in [0.25, 0.3) is 0 Å². The van der Waals surface area contributed by atoms with Gasteiger partial charge in [0, 0.05) is 0 Å². The van der Waals surface area contributed by atoms with Gasteiger partial charge in [0.2, 0.25) is 5.91 Å². The average Bonchev–Trinajstić information content (AvgIpc) is 2.53. The normalized spacial score (nSPS) is 10.6. The monoisotopic (exact) mass is 451 g/mol. The number of allylic oxidation sites excluding steroid dienone is 2. The highest BCUT2D eigenvalue weighted by Gasteiger charge is 2.01. The van der Waals surface area contributed by atoms with Crippen LogP contribution in [0.5, 0.6) is 0 Å². The number of rotatable bonds is 13. The summed E-state index contributed by atoms with van der Waals surface area (Å²) in [5.74, 6) is -0.692. The Morgan fingerprint density at radius 1 is 0.957 bits per heavy atom. The van der Waals surface area contributed by atoms with Crippen molar-refractivity contribution in [2.24, 2.45) is 0 Å². The Morgan fingerprint density at radius 2 is 1.52 bits per heavy atom. The van der Waals surface area contributed by atoms with Crippen molar-refractivity contribution in [2.45, 2.75) is 57.8 Å². The molecule has 1 amide bonds. The van der Waals surface area contributed by atoms with Crippen LogP contribution in [0.25, 0.3) is 0 Å². The largest absolute Gasteiger partial charge is 0.468 e. The molecule has 4 nitrogen and oxygen atoms in total. The topological polar surface area (TPSA) is 55.4 Å². The molecule has 0 aromatic carbocycles. The Morgan fingerprint density at radius 3 is 2.09 bits per heavy atom. The molecule has 0 atom stereocenters. The lowest BCUT2D eigenvalue weighted by molar-refractivity contribution is -0.140. The minimum atomic E-state index is -0.442. The van der Waals surface area contributed by atoms with Crippen LogP contribution >= 0.6 is 31.9 Å². The third kappa shape index (κ3) is 17.6. The Bertz CT molecular complexity index is 391. The SMILES string of the molecule is COC(=O)CNC(=O)/C=C\CCCCCCCCCC=C(Br)Br. The maximum Gasteiger partial charge on any atom is 0.325 e. The van der Waals surface area contributed by atoms with E-state index in [1.54, 1.807) is 0 Å². The van der Waals surface area contributed by atoms with Crippen molar-refractivity contribution in [3.8, 4) is 0 Å². The predicted octanol–water partition coefficient (Wildman–Crippen LogP) is 4.97. The number of unbranched alkanes of at least 4 members (excludes halogenated alkanes) is 8. The standard InChI is InChI=1S/C17H27Br2NO3/c1-23-17(22)14-20-16(21)13-11-9-7-5-3-2-4-6-8-10-12-15(18)19/h11-13H,2-10,14H2,1H3,(H,20,21)/b13-11-. The molecule has 23 heavy (non-hydrogen) atoms. The zero-order valence-corrected chi connectivity index (χ0v) is 17.0. The lowest BCUT2D eigenvalue weighted by atomic mass is 10.1. The Labute approximate surface area is 156 Å². The molecule has 1 N–H and O–H groups in total. The fourth-order valence-corrected chi connectivity index (χ4v) is 2.44. The molecule has 0 saturated carbocycles. The third-order valence-corrected chi connectivity index (χ3v) is 3.92. The number of ether oxygens (including phenoxy) is 1. The van der Waals surface area contributed by atoms with Gasteiger partial charge < -0.3 is 10.1 Å². The molecule has 132 valence electrons. The van der Waals surface area contributed by atoms with Crippen molar-refractivity contribution in [1.82, 2.24) is 5.32 Å². The number of esters is 1. The van der Waals surface area contributed by atoms with Crippen LogP contribution in [0.4, 0.5) is 0 Å². The van der Waals surface area contributed by atoms with E-state index in [9.17, 15) is 9.59 Å². The van der Waals surface area contributed by atoms with Crippen LogP contribution in [0.2, 0.25) is 0 Å². The molecule has 0 aliphatic rings. The van der Waals surface area contributed by atoms with Crippen LogP contribution in [0.1, 0.15) is 57.8 Å². The van der Waals surface area contributed by atoms with E-state index >= 15 is 0 Å². The van der Waals surface area contributed by atoms with E-state index < -0.39 is 5.97 Å². The highest BCUT2D eigenvalue weighted by Crippen LogP contribution is 2.16. The molecule has 0 unspecified atom stereocenters. The molecule has 0 rings (SSSR count). The van der Waals surface area contributed by atoms with Crippen molar-refractivity contribution in [3.05, 3.63) is 21.6 Å². The molecule has 0 aromatic heterocycles. The first-order valence-electron chi connectivity index (χ1n) is 8.08. The second kappa shape index (κ2) is 16.2. The summed E-state index contributed by atoms with van der Waals surface area (Å²) in [6, 6.07) is 0. The summed E-state index contributed by atoms with van der Waals surface area (Å²) < 4.78 is 5.48. The maximum atomic E-state index is 11.4. The summed E-state index contributed by atoms with van der Waals surface area (Å²) in [7, 11) is 1.30. The first kappa shape index (κ1) is 22.4. The Kier molecular flexibility index (Phi) is 15.8. The number of halogens is 2. The van der Waals surface area contributed by atoms with Crippen LogP contribution in [0.3, 0.4) is 0 Å². The van der Waals surface area contributed by atoms with Gasteiger partial charge in [-0.3, -0.25) is 9.59 Å². The fraction of sp³-hybridized carbons (Fsp3) is 0.647. The first-order chi connectivity index (χ1) is 11.1. The summed E-state index contributed by atoms with van der Waals surface area (Å²) in [5, 5.41) is 2.47. The molecule has 0 radical (unpaired) electrons. The van der Waals surface area contributed by atoms with Gasteiger partial charge in [-0.2, -0.15) is 0 Å². The second-order valence-corrected chi connectivity index (χ2v) is 8.02. The van der Waals surface area contributed by atoms with Gasteiger partial charge in [-0.15, -0.1) is 0 Å². The zero-order valence-electron chi connectivity index (χ0n) is 13.8. The van der Waals surface area contributed by atoms with Gasteiger partial charge in [-0.1, -0.05) is 44.3 Å². The fourth-order valence-electron chi connectivity index (χ4n) is 1.98. The van der Waals surface area contributed by atoms with Crippen molar-refractivity contribution >= 4 is 43.7 Å². The lowest BCUT2D eigenvalue weighted by Gasteiger charge is -2.01. The molecule has 0 heterocycles. The molecular weight excluding hydrogens is 426 g/mol. The summed E-state index contributed by atoms with van der Waals surface area (Å²) in [6.45, 7) is -0.0813. The van der Waals surface area contributed by atoms with Crippen LogP contribution < -0.4 is 5.32 Å². The van der Waals surface area contributed by atoms with E-state index in [1.807, 2.05) is 6.08 Å². The smallest absolute Gasteiger partial charge is 0.325 e. The van der Waals surface area contributed by atoms with Gasteiger partial charge in [-0.05, 0) is 63.6 Å². The van der Waals surface area contributed by atoms with Gasteiger partial charge in [0.1, 0.15) is 6.54 Å². The van der Waals surface area contributed by atoms with Gasteiger partial charge in [0.05, 0.1) is 10.5 Å². The molecule has 0 spiro atoms. The van der Waals surface area contributed by atoms with E-state index in [1.165, 1.54) is 51.7 Å². The average molecular weight is 453 g/mol. The van der Waals surface area contributed by atoms with Crippen molar-refractivity contribution in [1.29, 1.82) is 0 Å². The number of carbonyl (C=O) groups excluding carboxylic acids is 2. The number of carbonyl (C=O) groups is 2. The van der Waals surface area contributed by atoms with E-state index in [2.05, 4.69) is 48.0 Å². The zero-order chi connectivity index (χ0) is 17.3. The van der Waals surface area contributed by atoms with Gasteiger partial charge in [-0.25, -0.2) is 0 Å². The summed E-state index contributed by atoms with van der Waals surface area (Å²) >= 11 is 6.70. The summed E-state index contributed by atoms with van der Waals surface area (Å²) in [6.07, 6.45) is 16.1. The molecule has 0 aromatic rings. The van der Waals surface area contributed by atoms with E-state index in [0.29, 0.717) is 0 Å². The number of hydrogen-bond acceptors (Lipinski definition) is 3. The van der Waals surface area contributed by atoms with E-state index in [4.69, 9.17) is 0 Å².